The van der Waals surface area contributed by atoms with Gasteiger partial charge in [0.05, 0.1) is 11.8 Å². The standard InChI is InChI=1S/C16H23N5O2S/c1-13-14-3-4-16(19-15(14)5-6-17-13)18-7-8-20-9-11-21(12-10-20)24(2,22)23/h3-6H,7-12H2,1-2H3,(H,18,19). The average molecular weight is 349 g/mol. The van der Waals surface area contributed by atoms with E-state index in [1.165, 1.54) is 10.6 Å². The summed E-state index contributed by atoms with van der Waals surface area (Å²) in [5, 5.41) is 4.41. The van der Waals surface area contributed by atoms with Crippen molar-refractivity contribution in [2.75, 3.05) is 50.8 Å². The molecule has 0 amide bonds. The van der Waals surface area contributed by atoms with E-state index in [0.717, 1.165) is 48.6 Å². The Morgan fingerprint density at radius 2 is 1.92 bits per heavy atom. The Morgan fingerprint density at radius 3 is 2.62 bits per heavy atom. The number of hydrogen-bond donors (Lipinski definition) is 1. The van der Waals surface area contributed by atoms with Crippen LogP contribution in [0.15, 0.2) is 24.4 Å². The van der Waals surface area contributed by atoms with Crippen LogP contribution in [0.3, 0.4) is 0 Å². The molecular weight excluding hydrogens is 326 g/mol. The van der Waals surface area contributed by atoms with Gasteiger partial charge in [0.25, 0.3) is 0 Å². The Bertz CT molecular complexity index is 816. The molecule has 0 aromatic carbocycles. The second kappa shape index (κ2) is 7.00. The van der Waals surface area contributed by atoms with Crippen LogP contribution in [-0.2, 0) is 10.0 Å². The number of aromatic nitrogens is 2. The summed E-state index contributed by atoms with van der Waals surface area (Å²) in [5.74, 6) is 0.850. The van der Waals surface area contributed by atoms with Crippen molar-refractivity contribution in [3.63, 3.8) is 0 Å². The quantitative estimate of drug-likeness (QED) is 0.865. The Kier molecular flexibility index (Phi) is 4.98. The van der Waals surface area contributed by atoms with Crippen molar-refractivity contribution in [2.24, 2.45) is 0 Å². The maximum atomic E-state index is 11.5. The van der Waals surface area contributed by atoms with Crippen LogP contribution in [0, 0.1) is 6.92 Å². The summed E-state index contributed by atoms with van der Waals surface area (Å²) >= 11 is 0. The summed E-state index contributed by atoms with van der Waals surface area (Å²) in [6.45, 7) is 6.30. The van der Waals surface area contributed by atoms with Crippen LogP contribution in [0.25, 0.3) is 10.9 Å². The fraction of sp³-hybridized carbons (Fsp3) is 0.500. The van der Waals surface area contributed by atoms with E-state index in [2.05, 4.69) is 20.2 Å². The molecule has 0 atom stereocenters. The average Bonchev–Trinajstić information content (AvgIpc) is 2.55. The number of hydrogen-bond acceptors (Lipinski definition) is 6. The third kappa shape index (κ3) is 4.00. The van der Waals surface area contributed by atoms with Gasteiger partial charge in [-0.25, -0.2) is 13.4 Å². The third-order valence-corrected chi connectivity index (χ3v) is 5.65. The summed E-state index contributed by atoms with van der Waals surface area (Å²) in [7, 11) is -3.06. The van der Waals surface area contributed by atoms with Gasteiger partial charge in [-0.1, -0.05) is 0 Å². The molecule has 8 heteroatoms. The summed E-state index contributed by atoms with van der Waals surface area (Å²) < 4.78 is 24.6. The number of rotatable bonds is 5. The van der Waals surface area contributed by atoms with E-state index >= 15 is 0 Å². The lowest BCUT2D eigenvalue weighted by atomic mass is 10.2. The second-order valence-corrected chi connectivity index (χ2v) is 8.07. The molecule has 1 aliphatic heterocycles. The largest absolute Gasteiger partial charge is 0.369 e. The highest BCUT2D eigenvalue weighted by Crippen LogP contribution is 2.16. The molecule has 1 N–H and O–H groups in total. The van der Waals surface area contributed by atoms with E-state index < -0.39 is 10.0 Å². The van der Waals surface area contributed by atoms with Crippen LogP contribution >= 0.6 is 0 Å². The SMILES string of the molecule is Cc1nccc2nc(NCCN3CCN(S(C)(=O)=O)CC3)ccc12. The highest BCUT2D eigenvalue weighted by atomic mass is 32.2. The number of aryl methyl sites for hydroxylation is 1. The summed E-state index contributed by atoms with van der Waals surface area (Å²) in [6, 6.07) is 5.93. The smallest absolute Gasteiger partial charge is 0.211 e. The molecule has 1 saturated heterocycles. The van der Waals surface area contributed by atoms with E-state index in [4.69, 9.17) is 0 Å². The zero-order valence-corrected chi connectivity index (χ0v) is 14.9. The van der Waals surface area contributed by atoms with Gasteiger partial charge in [-0.15, -0.1) is 0 Å². The molecule has 0 unspecified atom stereocenters. The summed E-state index contributed by atoms with van der Waals surface area (Å²) in [5.41, 5.74) is 1.92. The predicted molar refractivity (Wildman–Crippen MR) is 95.6 cm³/mol. The number of anilines is 1. The predicted octanol–water partition coefficient (Wildman–Crippen LogP) is 0.927. The summed E-state index contributed by atoms with van der Waals surface area (Å²) in [4.78, 5) is 11.1. The number of sulfonamides is 1. The van der Waals surface area contributed by atoms with Crippen molar-refractivity contribution in [1.29, 1.82) is 0 Å². The number of pyridine rings is 2. The Labute approximate surface area is 142 Å². The van der Waals surface area contributed by atoms with Crippen molar-refractivity contribution in [1.82, 2.24) is 19.2 Å². The first-order chi connectivity index (χ1) is 11.4. The molecule has 2 aromatic rings. The molecule has 1 fully saturated rings. The van der Waals surface area contributed by atoms with E-state index in [-0.39, 0.29) is 0 Å². The fourth-order valence-corrected chi connectivity index (χ4v) is 3.75. The van der Waals surface area contributed by atoms with E-state index in [9.17, 15) is 8.42 Å². The van der Waals surface area contributed by atoms with Crippen molar-refractivity contribution < 1.29 is 8.42 Å². The lowest BCUT2D eigenvalue weighted by Gasteiger charge is -2.33. The van der Waals surface area contributed by atoms with Crippen molar-refractivity contribution >= 4 is 26.7 Å². The molecule has 130 valence electrons. The van der Waals surface area contributed by atoms with E-state index in [1.807, 2.05) is 25.1 Å². The van der Waals surface area contributed by atoms with Crippen LogP contribution in [0.1, 0.15) is 5.69 Å². The van der Waals surface area contributed by atoms with Gasteiger partial charge in [0.2, 0.25) is 10.0 Å². The van der Waals surface area contributed by atoms with Crippen LogP contribution in [0.5, 0.6) is 0 Å². The molecule has 2 aromatic heterocycles. The molecule has 1 aliphatic rings. The van der Waals surface area contributed by atoms with Gasteiger partial charge in [0, 0.05) is 56.5 Å². The fourth-order valence-electron chi connectivity index (χ4n) is 2.92. The van der Waals surface area contributed by atoms with E-state index in [0.29, 0.717) is 13.1 Å². The molecule has 3 rings (SSSR count). The molecule has 24 heavy (non-hydrogen) atoms. The van der Waals surface area contributed by atoms with Gasteiger partial charge in [-0.3, -0.25) is 9.88 Å². The van der Waals surface area contributed by atoms with Gasteiger partial charge >= 0.3 is 0 Å². The van der Waals surface area contributed by atoms with Crippen molar-refractivity contribution in [2.45, 2.75) is 6.92 Å². The monoisotopic (exact) mass is 349 g/mol. The molecule has 0 radical (unpaired) electrons. The highest BCUT2D eigenvalue weighted by molar-refractivity contribution is 7.88. The normalized spacial score (nSPS) is 17.2. The Morgan fingerprint density at radius 1 is 1.17 bits per heavy atom. The lowest BCUT2D eigenvalue weighted by molar-refractivity contribution is 0.195. The van der Waals surface area contributed by atoms with Gasteiger partial charge in [-0.2, -0.15) is 4.31 Å². The van der Waals surface area contributed by atoms with E-state index in [1.54, 1.807) is 6.20 Å². The number of fused-ring (bicyclic) bond motifs is 1. The molecule has 7 nitrogen and oxygen atoms in total. The van der Waals surface area contributed by atoms with Crippen molar-refractivity contribution in [3.8, 4) is 0 Å². The first kappa shape index (κ1) is 17.1. The first-order valence-corrected chi connectivity index (χ1v) is 9.92. The molecule has 3 heterocycles. The zero-order valence-electron chi connectivity index (χ0n) is 14.1. The van der Waals surface area contributed by atoms with Crippen LogP contribution in [0.2, 0.25) is 0 Å². The zero-order chi connectivity index (χ0) is 17.2. The second-order valence-electron chi connectivity index (χ2n) is 6.09. The number of nitrogens with one attached hydrogen (secondary N) is 1. The number of nitrogens with zero attached hydrogens (tertiary/aromatic N) is 4. The van der Waals surface area contributed by atoms with Crippen molar-refractivity contribution in [3.05, 3.63) is 30.1 Å². The Balaban J connectivity index is 1.51. The van der Waals surface area contributed by atoms with Gasteiger partial charge < -0.3 is 5.32 Å². The third-order valence-electron chi connectivity index (χ3n) is 4.35. The maximum Gasteiger partial charge on any atom is 0.211 e. The molecule has 0 bridgehead atoms. The first-order valence-electron chi connectivity index (χ1n) is 8.07. The number of piperazine rings is 1. The Hall–Kier alpha value is -1.77. The minimum atomic E-state index is -3.06. The topological polar surface area (TPSA) is 78.4 Å². The lowest BCUT2D eigenvalue weighted by Crippen LogP contribution is -2.49. The van der Waals surface area contributed by atoms with Gasteiger partial charge in [-0.05, 0) is 25.1 Å². The van der Waals surface area contributed by atoms with Crippen LogP contribution in [0.4, 0.5) is 5.82 Å². The summed E-state index contributed by atoms with van der Waals surface area (Å²) in [6.07, 6.45) is 3.04. The highest BCUT2D eigenvalue weighted by Gasteiger charge is 2.22. The van der Waals surface area contributed by atoms with Gasteiger partial charge in [0.15, 0.2) is 0 Å². The van der Waals surface area contributed by atoms with Gasteiger partial charge in [0.1, 0.15) is 5.82 Å². The molecule has 0 aliphatic carbocycles. The minimum Gasteiger partial charge on any atom is -0.369 e. The van der Waals surface area contributed by atoms with Crippen LogP contribution in [-0.4, -0.2) is 73.1 Å². The minimum absolute atomic E-state index is 0.569. The molecule has 0 saturated carbocycles. The molecular formula is C16H23N5O2S. The maximum absolute atomic E-state index is 11.5. The van der Waals surface area contributed by atoms with Crippen LogP contribution < -0.4 is 5.32 Å². The molecule has 0 spiro atoms.